The molecule has 2 aliphatic heterocycles. The van der Waals surface area contributed by atoms with Gasteiger partial charge in [0.1, 0.15) is 29.2 Å². The van der Waals surface area contributed by atoms with E-state index in [0.29, 0.717) is 47.1 Å². The van der Waals surface area contributed by atoms with Crippen LogP contribution >= 0.6 is 0 Å². The van der Waals surface area contributed by atoms with Crippen molar-refractivity contribution < 1.29 is 37.0 Å². The number of hydrogen-bond donors (Lipinski definition) is 2. The van der Waals surface area contributed by atoms with Gasteiger partial charge in [-0.3, -0.25) is 19.1 Å². The summed E-state index contributed by atoms with van der Waals surface area (Å²) in [4.78, 5) is 53.6. The molecule has 3 aromatic rings. The minimum Gasteiger partial charge on any atom is -0.497 e. The number of benzene rings is 2. The van der Waals surface area contributed by atoms with Gasteiger partial charge in [0.15, 0.2) is 5.82 Å². The zero-order valence-electron chi connectivity index (χ0n) is 33.0. The molecule has 4 aliphatic rings. The molecule has 3 fully saturated rings. The Morgan fingerprint density at radius 1 is 1.02 bits per heavy atom. The number of fused-ring (bicyclic) bond motifs is 3. The van der Waals surface area contributed by atoms with Gasteiger partial charge in [-0.05, 0) is 108 Å². The van der Waals surface area contributed by atoms with Crippen molar-refractivity contribution in [2.75, 3.05) is 13.7 Å². The van der Waals surface area contributed by atoms with Crippen LogP contribution in [0.1, 0.15) is 86.0 Å². The molecule has 13 nitrogen and oxygen atoms in total. The first kappa shape index (κ1) is 39.5. The lowest BCUT2D eigenvalue weighted by Gasteiger charge is -2.28. The third-order valence-electron chi connectivity index (χ3n) is 11.6. The fourth-order valence-corrected chi connectivity index (χ4v) is 9.27. The number of carbonyl (C=O) groups excluding carboxylic acids is 3. The van der Waals surface area contributed by atoms with E-state index in [0.717, 1.165) is 30.6 Å². The van der Waals surface area contributed by atoms with E-state index in [2.05, 4.69) is 23.9 Å². The zero-order valence-corrected chi connectivity index (χ0v) is 33.9. The lowest BCUT2D eigenvalue weighted by molar-refractivity contribution is -0.140. The second-order valence-electron chi connectivity index (χ2n) is 16.8. The topological polar surface area (TPSA) is 166 Å². The SMILES string of the molecule is COc1ccc2c(O[C@@H]3C[C@H]4C(=O)N[C@]5(C(=O)NS(=O)(=O)C6(C)CC6)CC5/C=C\CC[C@@H](C)C[C@@H](C)CC(=O)N4C3)nc(-c3ccc(OC(C)C)cc3)nc2c1. The number of ether oxygens (including phenoxy) is 3. The summed E-state index contributed by atoms with van der Waals surface area (Å²) in [7, 11) is -2.37. The number of sulfonamides is 1. The predicted octanol–water partition coefficient (Wildman–Crippen LogP) is 5.72. The molecule has 3 heterocycles. The maximum atomic E-state index is 14.4. The van der Waals surface area contributed by atoms with Crippen LogP contribution in [0.5, 0.6) is 17.4 Å². The standard InChI is InChI=1S/C42H53N5O8S/c1-25(2)54-30-13-11-28(12-14-30)37-43-34-21-31(53-6)15-16-33(34)39(44-37)55-32-22-35-38(49)45-42(40(50)46-56(51,52)41(5)17-18-41)23-29(42)10-8-7-9-26(3)19-27(4)20-36(48)47(35)24-32/h8,10-16,21,25-27,29,32,35H,7,9,17-20,22-24H2,1-6H3,(H,45,49)(H,46,50)/b10-8-/t26-,27-,29?,32-,35+,42-/m1/s1. The van der Waals surface area contributed by atoms with Gasteiger partial charge in [-0.2, -0.15) is 4.98 Å². The van der Waals surface area contributed by atoms with E-state index < -0.39 is 44.3 Å². The molecule has 1 saturated heterocycles. The number of methoxy groups -OCH3 is 1. The molecule has 3 amide bonds. The summed E-state index contributed by atoms with van der Waals surface area (Å²) in [5.74, 6) is 0.623. The Kier molecular flexibility index (Phi) is 10.8. The number of allylic oxidation sites excluding steroid dienone is 1. The molecule has 0 bridgehead atoms. The van der Waals surface area contributed by atoms with Crippen molar-refractivity contribution in [3.05, 3.63) is 54.6 Å². The van der Waals surface area contributed by atoms with Crippen molar-refractivity contribution in [2.45, 2.75) is 115 Å². The van der Waals surface area contributed by atoms with Crippen molar-refractivity contribution in [1.29, 1.82) is 0 Å². The van der Waals surface area contributed by atoms with Crippen LogP contribution in [0.25, 0.3) is 22.3 Å². The molecular formula is C42H53N5O8S. The summed E-state index contributed by atoms with van der Waals surface area (Å²) in [6, 6.07) is 11.9. The Balaban J connectivity index is 1.19. The summed E-state index contributed by atoms with van der Waals surface area (Å²) in [6.45, 7) is 9.88. The van der Waals surface area contributed by atoms with Crippen molar-refractivity contribution in [1.82, 2.24) is 24.9 Å². The van der Waals surface area contributed by atoms with Gasteiger partial charge >= 0.3 is 0 Å². The molecule has 14 heteroatoms. The minimum atomic E-state index is -3.95. The molecule has 6 atom stereocenters. The number of rotatable bonds is 9. The Labute approximate surface area is 329 Å². The van der Waals surface area contributed by atoms with Gasteiger partial charge in [-0.25, -0.2) is 13.4 Å². The number of carbonyl (C=O) groups is 3. The summed E-state index contributed by atoms with van der Waals surface area (Å²) in [5.41, 5.74) is -0.125. The number of amides is 3. The smallest absolute Gasteiger partial charge is 0.259 e. The third-order valence-corrected chi connectivity index (χ3v) is 13.8. The van der Waals surface area contributed by atoms with E-state index in [9.17, 15) is 22.8 Å². The van der Waals surface area contributed by atoms with E-state index in [1.165, 1.54) is 0 Å². The van der Waals surface area contributed by atoms with Gasteiger partial charge in [-0.1, -0.05) is 26.0 Å². The highest BCUT2D eigenvalue weighted by molar-refractivity contribution is 7.91. The van der Waals surface area contributed by atoms with Crippen molar-refractivity contribution in [2.24, 2.45) is 17.8 Å². The number of aromatic nitrogens is 2. The average molecular weight is 788 g/mol. The summed E-state index contributed by atoms with van der Waals surface area (Å²) < 4.78 is 45.6. The van der Waals surface area contributed by atoms with Gasteiger partial charge < -0.3 is 24.4 Å². The molecule has 0 radical (unpaired) electrons. The quantitative estimate of drug-likeness (QED) is 0.257. The first-order chi connectivity index (χ1) is 26.6. The van der Waals surface area contributed by atoms with Crippen LogP contribution in [0, 0.1) is 17.8 Å². The highest BCUT2D eigenvalue weighted by atomic mass is 32.2. The minimum absolute atomic E-state index is 0.0175. The van der Waals surface area contributed by atoms with Gasteiger partial charge in [0.2, 0.25) is 27.7 Å². The zero-order chi connectivity index (χ0) is 40.0. The van der Waals surface area contributed by atoms with Gasteiger partial charge in [0.05, 0.1) is 35.4 Å². The molecular weight excluding hydrogens is 735 g/mol. The molecule has 2 aromatic carbocycles. The Morgan fingerprint density at radius 2 is 1.75 bits per heavy atom. The van der Waals surface area contributed by atoms with Crippen molar-refractivity contribution in [3.63, 3.8) is 0 Å². The fraction of sp³-hybridized carbons (Fsp3) is 0.548. The maximum Gasteiger partial charge on any atom is 0.259 e. The number of nitrogens with one attached hydrogen (secondary N) is 2. The third kappa shape index (κ3) is 8.21. The number of hydrogen-bond acceptors (Lipinski definition) is 10. The summed E-state index contributed by atoms with van der Waals surface area (Å²) in [5, 5.41) is 3.58. The highest BCUT2D eigenvalue weighted by Gasteiger charge is 2.63. The van der Waals surface area contributed by atoms with Crippen LogP contribution < -0.4 is 24.2 Å². The van der Waals surface area contributed by atoms with Gasteiger partial charge in [0, 0.05) is 30.4 Å². The van der Waals surface area contributed by atoms with Crippen LogP contribution in [0.3, 0.4) is 0 Å². The van der Waals surface area contributed by atoms with E-state index in [4.69, 9.17) is 24.2 Å². The van der Waals surface area contributed by atoms with E-state index in [-0.39, 0.29) is 49.7 Å². The van der Waals surface area contributed by atoms with E-state index >= 15 is 0 Å². The molecule has 300 valence electrons. The van der Waals surface area contributed by atoms with Crippen molar-refractivity contribution >= 4 is 38.6 Å². The lowest BCUT2D eigenvalue weighted by Crippen LogP contribution is -2.57. The average Bonchev–Trinajstić information content (AvgIpc) is 4.02. The van der Waals surface area contributed by atoms with E-state index in [1.807, 2.05) is 56.3 Å². The van der Waals surface area contributed by atoms with Crippen LogP contribution in [0.4, 0.5) is 0 Å². The molecule has 56 heavy (non-hydrogen) atoms. The second-order valence-corrected chi connectivity index (χ2v) is 19.0. The molecule has 0 spiro atoms. The molecule has 2 aliphatic carbocycles. The fourth-order valence-electron chi connectivity index (χ4n) is 7.96. The molecule has 1 unspecified atom stereocenters. The maximum absolute atomic E-state index is 14.4. The second kappa shape index (κ2) is 15.3. The molecule has 7 rings (SSSR count). The molecule has 2 saturated carbocycles. The predicted molar refractivity (Wildman–Crippen MR) is 211 cm³/mol. The van der Waals surface area contributed by atoms with Gasteiger partial charge in [-0.15, -0.1) is 0 Å². The van der Waals surface area contributed by atoms with Crippen molar-refractivity contribution in [3.8, 4) is 28.8 Å². The Hall–Kier alpha value is -4.72. The van der Waals surface area contributed by atoms with Crippen LogP contribution in [-0.4, -0.2) is 83.2 Å². The van der Waals surface area contributed by atoms with Crippen LogP contribution in [0.2, 0.25) is 0 Å². The van der Waals surface area contributed by atoms with E-state index in [1.54, 1.807) is 31.1 Å². The first-order valence-corrected chi connectivity index (χ1v) is 21.2. The normalized spacial score (nSPS) is 28.3. The first-order valence-electron chi connectivity index (χ1n) is 19.7. The lowest BCUT2D eigenvalue weighted by atomic mass is 9.91. The highest BCUT2D eigenvalue weighted by Crippen LogP contribution is 2.47. The summed E-state index contributed by atoms with van der Waals surface area (Å²) >= 11 is 0. The summed E-state index contributed by atoms with van der Waals surface area (Å²) in [6.07, 6.45) is 7.41. The van der Waals surface area contributed by atoms with Gasteiger partial charge in [0.25, 0.3) is 5.91 Å². The monoisotopic (exact) mass is 787 g/mol. The molecule has 1 aromatic heterocycles. The van der Waals surface area contributed by atoms with Crippen LogP contribution in [0.15, 0.2) is 54.6 Å². The Bertz CT molecular complexity index is 2140. The molecule has 2 N–H and O–H groups in total. The Morgan fingerprint density at radius 3 is 2.45 bits per heavy atom. The number of nitrogens with zero attached hydrogens (tertiary/aromatic N) is 3. The largest absolute Gasteiger partial charge is 0.497 e. The van der Waals surface area contributed by atoms with Crippen LogP contribution in [-0.2, 0) is 24.4 Å².